The minimum Gasteiger partial charge on any atom is -0.393 e. The van der Waals surface area contributed by atoms with Crippen molar-refractivity contribution in [3.63, 3.8) is 0 Å². The van der Waals surface area contributed by atoms with Gasteiger partial charge in [-0.25, -0.2) is 13.6 Å². The number of halogens is 2. The molecule has 7 heteroatoms. The fourth-order valence-electron chi connectivity index (χ4n) is 2.17. The minimum absolute atomic E-state index is 0.0429. The second-order valence-electron chi connectivity index (χ2n) is 5.71. The Hall–Kier alpha value is -1.89. The first kappa shape index (κ1) is 18.2. The molecule has 1 rings (SSSR count). The topological polar surface area (TPSA) is 64.6 Å². The second-order valence-corrected chi connectivity index (χ2v) is 5.71. The van der Waals surface area contributed by atoms with E-state index in [4.69, 9.17) is 0 Å². The van der Waals surface area contributed by atoms with Crippen LogP contribution in [0.15, 0.2) is 12.1 Å². The summed E-state index contributed by atoms with van der Waals surface area (Å²) in [4.78, 5) is 13.0. The highest BCUT2D eigenvalue weighted by Gasteiger charge is 2.14. The fraction of sp³-hybridized carbons (Fsp3) is 0.533. The summed E-state index contributed by atoms with van der Waals surface area (Å²) in [6.45, 7) is 3.92. The van der Waals surface area contributed by atoms with E-state index in [1.165, 1.54) is 19.0 Å². The van der Waals surface area contributed by atoms with Crippen molar-refractivity contribution in [2.45, 2.75) is 26.4 Å². The molecule has 124 valence electrons. The van der Waals surface area contributed by atoms with Crippen molar-refractivity contribution < 1.29 is 18.7 Å². The van der Waals surface area contributed by atoms with E-state index in [0.29, 0.717) is 13.0 Å². The van der Waals surface area contributed by atoms with Crippen molar-refractivity contribution in [1.29, 1.82) is 0 Å². The third kappa shape index (κ3) is 5.48. The van der Waals surface area contributed by atoms with Gasteiger partial charge in [-0.1, -0.05) is 6.92 Å². The first-order valence-corrected chi connectivity index (χ1v) is 7.10. The van der Waals surface area contributed by atoms with Gasteiger partial charge in [0.25, 0.3) is 0 Å². The molecule has 5 nitrogen and oxygen atoms in total. The SMILES string of the molecule is CC(O)CC(C)CNC(=O)Nc1cc(F)c(N(C)C)c(F)c1. The van der Waals surface area contributed by atoms with Gasteiger partial charge in [0.15, 0.2) is 11.6 Å². The number of amides is 2. The smallest absolute Gasteiger partial charge is 0.319 e. The number of nitrogens with one attached hydrogen (secondary N) is 2. The number of benzene rings is 1. The highest BCUT2D eigenvalue weighted by atomic mass is 19.1. The van der Waals surface area contributed by atoms with Crippen molar-refractivity contribution >= 4 is 17.4 Å². The van der Waals surface area contributed by atoms with E-state index in [1.54, 1.807) is 6.92 Å². The molecule has 1 aromatic rings. The standard InChI is InChI=1S/C15H23F2N3O2/c1-9(5-10(2)21)8-18-15(22)19-11-6-12(16)14(20(3)4)13(17)7-11/h6-7,9-10,21H,5,8H2,1-4H3,(H2,18,19,22). The molecule has 0 saturated carbocycles. The average molecular weight is 315 g/mol. The fourth-order valence-corrected chi connectivity index (χ4v) is 2.17. The van der Waals surface area contributed by atoms with Crippen LogP contribution in [-0.4, -0.2) is 37.9 Å². The Balaban J connectivity index is 2.62. The number of urea groups is 1. The zero-order chi connectivity index (χ0) is 16.9. The quantitative estimate of drug-likeness (QED) is 0.756. The summed E-state index contributed by atoms with van der Waals surface area (Å²) in [6, 6.07) is 1.59. The molecular formula is C15H23F2N3O2. The first-order valence-electron chi connectivity index (χ1n) is 7.10. The lowest BCUT2D eigenvalue weighted by molar-refractivity contribution is 0.163. The number of carbonyl (C=O) groups excluding carboxylic acids is 1. The summed E-state index contributed by atoms with van der Waals surface area (Å²) >= 11 is 0. The molecule has 0 spiro atoms. The van der Waals surface area contributed by atoms with E-state index in [2.05, 4.69) is 10.6 Å². The van der Waals surface area contributed by atoms with Crippen LogP contribution in [0.5, 0.6) is 0 Å². The molecule has 2 unspecified atom stereocenters. The van der Waals surface area contributed by atoms with Crippen molar-refractivity contribution in [1.82, 2.24) is 5.32 Å². The van der Waals surface area contributed by atoms with Gasteiger partial charge in [0.05, 0.1) is 6.10 Å². The van der Waals surface area contributed by atoms with Gasteiger partial charge >= 0.3 is 6.03 Å². The van der Waals surface area contributed by atoms with E-state index >= 15 is 0 Å². The molecule has 0 aromatic heterocycles. The number of hydrogen-bond donors (Lipinski definition) is 3. The zero-order valence-electron chi connectivity index (χ0n) is 13.3. The van der Waals surface area contributed by atoms with Gasteiger partial charge < -0.3 is 20.6 Å². The molecule has 22 heavy (non-hydrogen) atoms. The largest absolute Gasteiger partial charge is 0.393 e. The van der Waals surface area contributed by atoms with Gasteiger partial charge in [-0.15, -0.1) is 0 Å². The Morgan fingerprint density at radius 2 is 1.82 bits per heavy atom. The highest BCUT2D eigenvalue weighted by molar-refractivity contribution is 5.89. The third-order valence-electron chi connectivity index (χ3n) is 3.08. The molecule has 0 fully saturated rings. The van der Waals surface area contributed by atoms with Gasteiger partial charge in [-0.05, 0) is 31.4 Å². The summed E-state index contributed by atoms with van der Waals surface area (Å²) in [5, 5.41) is 14.2. The number of aliphatic hydroxyl groups excluding tert-OH is 1. The van der Waals surface area contributed by atoms with E-state index in [0.717, 1.165) is 12.1 Å². The molecule has 1 aromatic carbocycles. The van der Waals surface area contributed by atoms with Crippen molar-refractivity contribution in [3.05, 3.63) is 23.8 Å². The summed E-state index contributed by atoms with van der Waals surface area (Å²) in [7, 11) is 3.07. The Morgan fingerprint density at radius 3 is 2.27 bits per heavy atom. The van der Waals surface area contributed by atoms with E-state index in [-0.39, 0.29) is 17.3 Å². The van der Waals surface area contributed by atoms with Crippen LogP contribution in [0, 0.1) is 17.6 Å². The molecule has 0 aliphatic heterocycles. The summed E-state index contributed by atoms with van der Waals surface area (Å²) in [6.07, 6.45) is 0.114. The molecule has 2 atom stereocenters. The van der Waals surface area contributed by atoms with Crippen LogP contribution >= 0.6 is 0 Å². The lowest BCUT2D eigenvalue weighted by atomic mass is 10.1. The van der Waals surface area contributed by atoms with Crippen LogP contribution in [0.4, 0.5) is 25.0 Å². The van der Waals surface area contributed by atoms with E-state index < -0.39 is 23.8 Å². The van der Waals surface area contributed by atoms with Crippen LogP contribution in [0.2, 0.25) is 0 Å². The number of aliphatic hydroxyl groups is 1. The summed E-state index contributed by atoms with van der Waals surface area (Å²) < 4.78 is 27.6. The van der Waals surface area contributed by atoms with Crippen molar-refractivity contribution in [3.8, 4) is 0 Å². The Bertz CT molecular complexity index is 499. The normalized spacial score (nSPS) is 13.4. The highest BCUT2D eigenvalue weighted by Crippen LogP contribution is 2.25. The summed E-state index contributed by atoms with van der Waals surface area (Å²) in [5.41, 5.74) is -0.113. The molecule has 0 aliphatic carbocycles. The maximum absolute atomic E-state index is 13.8. The van der Waals surface area contributed by atoms with Crippen LogP contribution in [0.1, 0.15) is 20.3 Å². The van der Waals surface area contributed by atoms with Crippen LogP contribution in [0.25, 0.3) is 0 Å². The predicted octanol–water partition coefficient (Wildman–Crippen LogP) is 2.56. The van der Waals surface area contributed by atoms with E-state index in [9.17, 15) is 18.7 Å². The van der Waals surface area contributed by atoms with Crippen molar-refractivity contribution in [2.24, 2.45) is 5.92 Å². The molecule has 0 saturated heterocycles. The summed E-state index contributed by atoms with van der Waals surface area (Å²) in [5.74, 6) is -1.40. The van der Waals surface area contributed by atoms with Crippen molar-refractivity contribution in [2.75, 3.05) is 30.9 Å². The maximum atomic E-state index is 13.8. The Kier molecular flexibility index (Phi) is 6.55. The molecule has 2 amide bonds. The number of carbonyl (C=O) groups is 1. The lowest BCUT2D eigenvalue weighted by Gasteiger charge is -2.17. The lowest BCUT2D eigenvalue weighted by Crippen LogP contribution is -2.33. The predicted molar refractivity (Wildman–Crippen MR) is 83.2 cm³/mol. The monoisotopic (exact) mass is 315 g/mol. The van der Waals surface area contributed by atoms with Crippen LogP contribution in [-0.2, 0) is 0 Å². The average Bonchev–Trinajstić information content (AvgIpc) is 2.34. The van der Waals surface area contributed by atoms with Gasteiger partial charge in [0.2, 0.25) is 0 Å². The third-order valence-corrected chi connectivity index (χ3v) is 3.08. The van der Waals surface area contributed by atoms with E-state index in [1.807, 2.05) is 6.92 Å². The van der Waals surface area contributed by atoms with Gasteiger partial charge in [0.1, 0.15) is 5.69 Å². The van der Waals surface area contributed by atoms with Gasteiger partial charge in [-0.2, -0.15) is 0 Å². The number of nitrogens with zero attached hydrogens (tertiary/aromatic N) is 1. The molecule has 0 radical (unpaired) electrons. The van der Waals surface area contributed by atoms with Gasteiger partial charge in [-0.3, -0.25) is 0 Å². The maximum Gasteiger partial charge on any atom is 0.319 e. The second kappa shape index (κ2) is 7.93. The zero-order valence-corrected chi connectivity index (χ0v) is 13.3. The number of hydrogen-bond acceptors (Lipinski definition) is 3. The Labute approximate surface area is 129 Å². The minimum atomic E-state index is -0.747. The van der Waals surface area contributed by atoms with Gasteiger partial charge in [0, 0.05) is 26.3 Å². The van der Waals surface area contributed by atoms with Crippen LogP contribution < -0.4 is 15.5 Å². The molecule has 3 N–H and O–H groups in total. The Morgan fingerprint density at radius 1 is 1.27 bits per heavy atom. The number of anilines is 2. The molecule has 0 aliphatic rings. The molecule has 0 bridgehead atoms. The molecular weight excluding hydrogens is 292 g/mol. The van der Waals surface area contributed by atoms with Crippen LogP contribution in [0.3, 0.4) is 0 Å². The number of rotatable bonds is 6. The first-order chi connectivity index (χ1) is 10.2. The molecule has 0 heterocycles.